The molecule has 0 radical (unpaired) electrons. The Morgan fingerprint density at radius 2 is 1.85 bits per heavy atom. The lowest BCUT2D eigenvalue weighted by Crippen LogP contribution is -2.33. The molecule has 0 saturated heterocycles. The van der Waals surface area contributed by atoms with Crippen molar-refractivity contribution in [1.82, 2.24) is 0 Å². The van der Waals surface area contributed by atoms with E-state index in [-0.39, 0.29) is 11.2 Å². The van der Waals surface area contributed by atoms with Crippen molar-refractivity contribution < 1.29 is 14.1 Å². The van der Waals surface area contributed by atoms with Crippen LogP contribution in [-0.4, -0.2) is 25.8 Å². The Labute approximate surface area is 82.0 Å². The Bertz CT molecular complexity index is 201. The van der Waals surface area contributed by atoms with E-state index in [2.05, 4.69) is 0 Å². The maximum atomic E-state index is 11.7. The van der Waals surface area contributed by atoms with Gasteiger partial charge in [-0.3, -0.25) is 9.00 Å². The van der Waals surface area contributed by atoms with Crippen molar-refractivity contribution in [3.8, 4) is 0 Å². The molecule has 0 spiro atoms. The second kappa shape index (κ2) is 5.37. The van der Waals surface area contributed by atoms with Gasteiger partial charge in [-0.15, -0.1) is 0 Å². The summed E-state index contributed by atoms with van der Waals surface area (Å²) < 4.78 is 11.7. The van der Waals surface area contributed by atoms with E-state index in [4.69, 9.17) is 5.11 Å². The molecule has 0 fully saturated rings. The molecule has 0 aliphatic rings. The Morgan fingerprint density at radius 3 is 2.08 bits per heavy atom. The zero-order valence-electron chi connectivity index (χ0n) is 8.61. The third-order valence-corrected chi connectivity index (χ3v) is 4.60. The summed E-state index contributed by atoms with van der Waals surface area (Å²) in [6, 6.07) is 0. The number of hydrogen-bond acceptors (Lipinski definition) is 2. The van der Waals surface area contributed by atoms with Crippen LogP contribution in [0, 0.1) is 5.92 Å². The highest BCUT2D eigenvalue weighted by Gasteiger charge is 2.28. The SMILES string of the molecule is CCC(C(=O)O)S(=O)C(C)C(C)C. The smallest absolute Gasteiger partial charge is 0.319 e. The molecule has 3 atom stereocenters. The molecule has 3 unspecified atom stereocenters. The van der Waals surface area contributed by atoms with E-state index in [0.29, 0.717) is 6.42 Å². The molecular weight excluding hydrogens is 188 g/mol. The summed E-state index contributed by atoms with van der Waals surface area (Å²) in [4.78, 5) is 10.7. The molecule has 4 heteroatoms. The molecule has 0 heterocycles. The number of carboxylic acids is 1. The predicted octanol–water partition coefficient (Wildman–Crippen LogP) is 1.64. The second-order valence-electron chi connectivity index (χ2n) is 3.51. The van der Waals surface area contributed by atoms with Crippen molar-refractivity contribution in [2.75, 3.05) is 0 Å². The van der Waals surface area contributed by atoms with Crippen molar-refractivity contribution in [1.29, 1.82) is 0 Å². The Balaban J connectivity index is 4.46. The van der Waals surface area contributed by atoms with Gasteiger partial charge in [0, 0.05) is 16.0 Å². The average Bonchev–Trinajstić information content (AvgIpc) is 2.03. The van der Waals surface area contributed by atoms with Gasteiger partial charge in [0.05, 0.1) is 0 Å². The molecule has 0 aliphatic carbocycles. The fourth-order valence-corrected chi connectivity index (χ4v) is 2.55. The maximum absolute atomic E-state index is 11.7. The number of carboxylic acid groups (broad SMARTS) is 1. The summed E-state index contributed by atoms with van der Waals surface area (Å²) in [6.45, 7) is 7.50. The van der Waals surface area contributed by atoms with Gasteiger partial charge in [0.2, 0.25) is 0 Å². The van der Waals surface area contributed by atoms with Gasteiger partial charge < -0.3 is 5.11 Å². The first-order valence-electron chi connectivity index (χ1n) is 4.54. The molecule has 0 amide bonds. The molecular formula is C9H18O3S. The summed E-state index contributed by atoms with van der Waals surface area (Å²) >= 11 is 0. The summed E-state index contributed by atoms with van der Waals surface area (Å²) in [5, 5.41) is 8.02. The van der Waals surface area contributed by atoms with Gasteiger partial charge in [0.1, 0.15) is 5.25 Å². The van der Waals surface area contributed by atoms with E-state index < -0.39 is 22.0 Å². The number of rotatable bonds is 5. The summed E-state index contributed by atoms with van der Waals surface area (Å²) in [5.74, 6) is -0.692. The van der Waals surface area contributed by atoms with Crippen molar-refractivity contribution >= 4 is 16.8 Å². The minimum absolute atomic E-state index is 0.0546. The second-order valence-corrected chi connectivity index (χ2v) is 5.48. The van der Waals surface area contributed by atoms with Crippen molar-refractivity contribution in [3.63, 3.8) is 0 Å². The van der Waals surface area contributed by atoms with Crippen LogP contribution in [0.4, 0.5) is 0 Å². The van der Waals surface area contributed by atoms with Crippen LogP contribution in [0.15, 0.2) is 0 Å². The lowest BCUT2D eigenvalue weighted by Gasteiger charge is -2.19. The van der Waals surface area contributed by atoms with Crippen molar-refractivity contribution in [2.24, 2.45) is 5.92 Å². The van der Waals surface area contributed by atoms with Gasteiger partial charge in [0.15, 0.2) is 0 Å². The first-order valence-corrected chi connectivity index (χ1v) is 5.81. The Kier molecular flexibility index (Phi) is 5.21. The molecule has 0 aromatic rings. The van der Waals surface area contributed by atoms with Gasteiger partial charge in [-0.1, -0.05) is 27.7 Å². The Hall–Kier alpha value is -0.380. The van der Waals surface area contributed by atoms with Crippen LogP contribution in [0.5, 0.6) is 0 Å². The minimum Gasteiger partial charge on any atom is -0.480 e. The fourth-order valence-electron chi connectivity index (χ4n) is 0.966. The molecule has 0 saturated carbocycles. The van der Waals surface area contributed by atoms with E-state index in [9.17, 15) is 9.00 Å². The van der Waals surface area contributed by atoms with Crippen LogP contribution in [-0.2, 0) is 15.6 Å². The van der Waals surface area contributed by atoms with E-state index in [0.717, 1.165) is 0 Å². The lowest BCUT2D eigenvalue weighted by atomic mass is 10.2. The summed E-state index contributed by atoms with van der Waals surface area (Å²) in [6.07, 6.45) is 0.430. The van der Waals surface area contributed by atoms with Gasteiger partial charge >= 0.3 is 5.97 Å². The third kappa shape index (κ3) is 3.46. The first kappa shape index (κ1) is 12.6. The number of aliphatic carboxylic acids is 1. The van der Waals surface area contributed by atoms with Crippen LogP contribution in [0.3, 0.4) is 0 Å². The Morgan fingerprint density at radius 1 is 1.38 bits per heavy atom. The summed E-state index contributed by atoms with van der Waals surface area (Å²) in [5.41, 5.74) is 0. The average molecular weight is 206 g/mol. The predicted molar refractivity (Wildman–Crippen MR) is 54.2 cm³/mol. The topological polar surface area (TPSA) is 54.4 Å². The molecule has 0 bridgehead atoms. The first-order chi connectivity index (χ1) is 5.91. The molecule has 78 valence electrons. The van der Waals surface area contributed by atoms with Crippen LogP contribution in [0.2, 0.25) is 0 Å². The molecule has 0 aromatic heterocycles. The molecule has 0 rings (SSSR count). The van der Waals surface area contributed by atoms with Crippen LogP contribution in [0.1, 0.15) is 34.1 Å². The van der Waals surface area contributed by atoms with Gasteiger partial charge in [-0.25, -0.2) is 0 Å². The van der Waals surface area contributed by atoms with Crippen molar-refractivity contribution in [2.45, 2.75) is 44.6 Å². The molecule has 3 nitrogen and oxygen atoms in total. The monoisotopic (exact) mass is 206 g/mol. The van der Waals surface area contributed by atoms with E-state index in [1.54, 1.807) is 6.92 Å². The normalized spacial score (nSPS) is 18.2. The van der Waals surface area contributed by atoms with Gasteiger partial charge in [0.25, 0.3) is 0 Å². The quantitative estimate of drug-likeness (QED) is 0.744. The zero-order valence-corrected chi connectivity index (χ0v) is 9.43. The van der Waals surface area contributed by atoms with Gasteiger partial charge in [-0.2, -0.15) is 0 Å². The fraction of sp³-hybridized carbons (Fsp3) is 0.889. The molecule has 0 aliphatic heterocycles. The van der Waals surface area contributed by atoms with Gasteiger partial charge in [-0.05, 0) is 12.3 Å². The van der Waals surface area contributed by atoms with E-state index in [1.165, 1.54) is 0 Å². The minimum atomic E-state index is -1.26. The molecule has 0 aromatic carbocycles. The zero-order chi connectivity index (χ0) is 10.6. The highest BCUT2D eigenvalue weighted by molar-refractivity contribution is 7.87. The number of hydrogen-bond donors (Lipinski definition) is 1. The highest BCUT2D eigenvalue weighted by atomic mass is 32.2. The molecule has 1 N–H and O–H groups in total. The van der Waals surface area contributed by atoms with Crippen molar-refractivity contribution in [3.05, 3.63) is 0 Å². The maximum Gasteiger partial charge on any atom is 0.319 e. The summed E-state index contributed by atoms with van der Waals surface area (Å²) in [7, 11) is -1.26. The van der Waals surface area contributed by atoms with Crippen LogP contribution >= 0.6 is 0 Å². The molecule has 13 heavy (non-hydrogen) atoms. The largest absolute Gasteiger partial charge is 0.480 e. The standard InChI is InChI=1S/C9H18O3S/c1-5-8(9(10)11)13(12)7(4)6(2)3/h6-8H,5H2,1-4H3,(H,10,11). The van der Waals surface area contributed by atoms with Crippen LogP contribution in [0.25, 0.3) is 0 Å². The highest BCUT2D eigenvalue weighted by Crippen LogP contribution is 2.15. The number of carbonyl (C=O) groups is 1. The van der Waals surface area contributed by atoms with E-state index >= 15 is 0 Å². The lowest BCUT2D eigenvalue weighted by molar-refractivity contribution is -0.136. The third-order valence-electron chi connectivity index (χ3n) is 2.23. The van der Waals surface area contributed by atoms with E-state index in [1.807, 2.05) is 20.8 Å². The van der Waals surface area contributed by atoms with Crippen LogP contribution < -0.4 is 0 Å².